The number of pyridine rings is 1. The first-order chi connectivity index (χ1) is 10.5. The molecule has 0 aliphatic rings. The van der Waals surface area contributed by atoms with Gasteiger partial charge in [-0.2, -0.15) is 0 Å². The predicted octanol–water partition coefficient (Wildman–Crippen LogP) is -2.93. The van der Waals surface area contributed by atoms with E-state index in [1.54, 1.807) is 0 Å². The van der Waals surface area contributed by atoms with Crippen LogP contribution in [0.2, 0.25) is 0 Å². The first-order valence-corrected chi connectivity index (χ1v) is 8.59. The summed E-state index contributed by atoms with van der Waals surface area (Å²) in [6.07, 6.45) is 7.25. The Bertz CT molecular complexity index is 739. The molecule has 112 valence electrons. The monoisotopic (exact) mass is 291 g/mol. The minimum absolute atomic E-state index is 0.168. The molecule has 2 aromatic rings. The maximum atomic E-state index is 12.6. The van der Waals surface area contributed by atoms with E-state index in [2.05, 4.69) is 43.3 Å². The third kappa shape index (κ3) is 3.37. The van der Waals surface area contributed by atoms with E-state index in [4.69, 9.17) is 0 Å². The number of unbranched alkanes of at least 4 members (excludes halogenated alkanes) is 4. The average molecular weight is 291 g/mol. The molecule has 1 heterocycles. The SMILES string of the molecule is Bc1c(B)c(B)c2c(=O)cc(CCCCCCC)[nH]c2c1B. The molecular formula is C16H25B4NO. The van der Waals surface area contributed by atoms with Crippen molar-refractivity contribution in [3.63, 3.8) is 0 Å². The highest BCUT2D eigenvalue weighted by molar-refractivity contribution is 6.66. The van der Waals surface area contributed by atoms with E-state index in [0.717, 1.165) is 34.9 Å². The van der Waals surface area contributed by atoms with Crippen LogP contribution in [-0.4, -0.2) is 36.4 Å². The average Bonchev–Trinajstić information content (AvgIpc) is 2.50. The van der Waals surface area contributed by atoms with Crippen LogP contribution in [0.3, 0.4) is 0 Å². The summed E-state index contributed by atoms with van der Waals surface area (Å²) in [5.41, 5.74) is 7.15. The van der Waals surface area contributed by atoms with Crippen LogP contribution < -0.4 is 27.3 Å². The van der Waals surface area contributed by atoms with Crippen molar-refractivity contribution in [3.8, 4) is 0 Å². The minimum atomic E-state index is 0.168. The van der Waals surface area contributed by atoms with Gasteiger partial charge in [-0.15, -0.1) is 5.46 Å². The molecule has 0 spiro atoms. The van der Waals surface area contributed by atoms with Gasteiger partial charge in [0, 0.05) is 22.7 Å². The first kappa shape index (κ1) is 17.1. The highest BCUT2D eigenvalue weighted by Crippen LogP contribution is 2.08. The van der Waals surface area contributed by atoms with Gasteiger partial charge in [-0.05, 0) is 12.8 Å². The molecule has 2 nitrogen and oxygen atoms in total. The Labute approximate surface area is 137 Å². The van der Waals surface area contributed by atoms with Gasteiger partial charge >= 0.3 is 0 Å². The van der Waals surface area contributed by atoms with Gasteiger partial charge in [0.2, 0.25) is 0 Å². The number of hydrogen-bond acceptors (Lipinski definition) is 1. The zero-order valence-corrected chi connectivity index (χ0v) is 14.7. The molecule has 2 rings (SSSR count). The molecule has 6 heteroatoms. The van der Waals surface area contributed by atoms with Gasteiger partial charge in [0.15, 0.2) is 5.43 Å². The van der Waals surface area contributed by atoms with E-state index in [0.29, 0.717) is 0 Å². The number of rotatable bonds is 6. The van der Waals surface area contributed by atoms with Crippen molar-refractivity contribution in [2.75, 3.05) is 0 Å². The number of nitrogens with one attached hydrogen (secondary N) is 1. The molecular weight excluding hydrogens is 265 g/mol. The quantitative estimate of drug-likeness (QED) is 0.449. The number of fused-ring (bicyclic) bond motifs is 1. The molecule has 1 aromatic carbocycles. The molecule has 0 aliphatic heterocycles. The van der Waals surface area contributed by atoms with Crippen LogP contribution in [0.4, 0.5) is 0 Å². The van der Waals surface area contributed by atoms with Crippen LogP contribution in [-0.2, 0) is 6.42 Å². The molecule has 1 N–H and O–H groups in total. The van der Waals surface area contributed by atoms with Gasteiger partial charge in [-0.25, -0.2) is 0 Å². The third-order valence-electron chi connectivity index (χ3n) is 5.07. The fourth-order valence-electron chi connectivity index (χ4n) is 3.26. The normalized spacial score (nSPS) is 11.1. The molecule has 22 heavy (non-hydrogen) atoms. The lowest BCUT2D eigenvalue weighted by Crippen LogP contribution is -2.49. The third-order valence-corrected chi connectivity index (χ3v) is 5.07. The van der Waals surface area contributed by atoms with Crippen LogP contribution in [0.5, 0.6) is 0 Å². The van der Waals surface area contributed by atoms with E-state index >= 15 is 0 Å². The molecule has 0 amide bonds. The Morgan fingerprint density at radius 2 is 1.55 bits per heavy atom. The maximum Gasteiger partial charge on any atom is 0.189 e. The van der Waals surface area contributed by atoms with Gasteiger partial charge in [0.1, 0.15) is 31.4 Å². The van der Waals surface area contributed by atoms with E-state index in [1.165, 1.54) is 42.1 Å². The number of benzene rings is 1. The van der Waals surface area contributed by atoms with Crippen molar-refractivity contribution in [1.29, 1.82) is 0 Å². The van der Waals surface area contributed by atoms with Crippen LogP contribution in [0.25, 0.3) is 10.9 Å². The molecule has 0 aliphatic carbocycles. The molecule has 0 saturated heterocycles. The van der Waals surface area contributed by atoms with Crippen LogP contribution in [0.1, 0.15) is 44.7 Å². The van der Waals surface area contributed by atoms with E-state index in [9.17, 15) is 4.79 Å². The van der Waals surface area contributed by atoms with E-state index in [-0.39, 0.29) is 5.43 Å². The Hall–Kier alpha value is -1.31. The van der Waals surface area contributed by atoms with E-state index < -0.39 is 0 Å². The standard InChI is InChI=1S/C16H25B4NO/c1-2-3-4-5-6-7-9-8-10(22)11-12(17)13(18)14(19)15(20)16(11)21-9/h8H,2-7,17-20H2,1H3,(H,21,22). The lowest BCUT2D eigenvalue weighted by Gasteiger charge is -2.15. The van der Waals surface area contributed by atoms with Crippen molar-refractivity contribution in [1.82, 2.24) is 4.98 Å². The summed E-state index contributed by atoms with van der Waals surface area (Å²) < 4.78 is 0. The molecule has 0 radical (unpaired) electrons. The highest BCUT2D eigenvalue weighted by atomic mass is 16.1. The molecule has 0 fully saturated rings. The Balaban J connectivity index is 2.35. The number of H-pyrrole nitrogens is 1. The summed E-state index contributed by atoms with van der Waals surface area (Å²) in [5.74, 6) is 0. The summed E-state index contributed by atoms with van der Waals surface area (Å²) in [5, 5.41) is 0.871. The topological polar surface area (TPSA) is 32.9 Å². The van der Waals surface area contributed by atoms with Crippen molar-refractivity contribution < 1.29 is 0 Å². The van der Waals surface area contributed by atoms with Crippen LogP contribution in [0.15, 0.2) is 10.9 Å². The summed E-state index contributed by atoms with van der Waals surface area (Å²) >= 11 is 0. The van der Waals surface area contributed by atoms with Crippen molar-refractivity contribution >= 4 is 64.1 Å². The Morgan fingerprint density at radius 1 is 0.909 bits per heavy atom. The van der Waals surface area contributed by atoms with Gasteiger partial charge in [-0.3, -0.25) is 4.79 Å². The van der Waals surface area contributed by atoms with Gasteiger partial charge in [0.25, 0.3) is 0 Å². The summed E-state index contributed by atoms with van der Waals surface area (Å²) in [7, 11) is 8.43. The predicted molar refractivity (Wildman–Crippen MR) is 110 cm³/mol. The fourth-order valence-corrected chi connectivity index (χ4v) is 3.26. The van der Waals surface area contributed by atoms with Crippen molar-refractivity contribution in [3.05, 3.63) is 22.0 Å². The van der Waals surface area contributed by atoms with Gasteiger partial charge in [-0.1, -0.05) is 49.0 Å². The lowest BCUT2D eigenvalue weighted by atomic mass is 9.65. The molecule has 0 atom stereocenters. The zero-order valence-electron chi connectivity index (χ0n) is 14.7. The largest absolute Gasteiger partial charge is 0.359 e. The first-order valence-electron chi connectivity index (χ1n) is 8.59. The number of hydrogen-bond donors (Lipinski definition) is 1. The second-order valence-electron chi connectivity index (χ2n) is 6.57. The summed E-state index contributed by atoms with van der Waals surface area (Å²) in [6.45, 7) is 2.23. The smallest absolute Gasteiger partial charge is 0.189 e. The second kappa shape index (κ2) is 7.30. The summed E-state index contributed by atoms with van der Waals surface area (Å²) in [4.78, 5) is 16.1. The summed E-state index contributed by atoms with van der Waals surface area (Å²) in [6, 6.07) is 1.81. The van der Waals surface area contributed by atoms with E-state index in [1.807, 2.05) is 6.07 Å². The van der Waals surface area contributed by atoms with Gasteiger partial charge < -0.3 is 4.98 Å². The molecule has 0 bridgehead atoms. The number of aromatic nitrogens is 1. The second-order valence-corrected chi connectivity index (χ2v) is 6.57. The van der Waals surface area contributed by atoms with Crippen molar-refractivity contribution in [2.45, 2.75) is 45.4 Å². The number of aromatic amines is 1. The van der Waals surface area contributed by atoms with Crippen molar-refractivity contribution in [2.24, 2.45) is 0 Å². The maximum absolute atomic E-state index is 12.6. The lowest BCUT2D eigenvalue weighted by molar-refractivity contribution is 0.628. The minimum Gasteiger partial charge on any atom is -0.359 e. The molecule has 0 unspecified atom stereocenters. The fraction of sp³-hybridized carbons (Fsp3) is 0.438. The molecule has 0 saturated carbocycles. The molecule has 1 aromatic heterocycles. The Kier molecular flexibility index (Phi) is 5.66. The highest BCUT2D eigenvalue weighted by Gasteiger charge is 2.12. The van der Waals surface area contributed by atoms with Gasteiger partial charge in [0.05, 0.1) is 0 Å². The zero-order chi connectivity index (χ0) is 16.3. The van der Waals surface area contributed by atoms with Crippen LogP contribution in [0, 0.1) is 0 Å². The Morgan fingerprint density at radius 3 is 2.23 bits per heavy atom. The van der Waals surface area contributed by atoms with Crippen LogP contribution >= 0.6 is 0 Å². The number of aryl methyl sites for hydroxylation is 1.